The second-order valence-electron chi connectivity index (χ2n) is 8.96. The van der Waals surface area contributed by atoms with E-state index >= 15 is 0 Å². The fourth-order valence-corrected chi connectivity index (χ4v) is 4.11. The fourth-order valence-electron chi connectivity index (χ4n) is 4.11. The summed E-state index contributed by atoms with van der Waals surface area (Å²) >= 11 is 0. The summed E-state index contributed by atoms with van der Waals surface area (Å²) in [5.41, 5.74) is 2.46. The number of aliphatic hydroxyl groups is 1. The van der Waals surface area contributed by atoms with Gasteiger partial charge in [-0.2, -0.15) is 5.10 Å². The molecule has 0 spiro atoms. The summed E-state index contributed by atoms with van der Waals surface area (Å²) in [6.07, 6.45) is 5.09. The molecule has 180 valence electrons. The monoisotopic (exact) mass is 467 g/mol. The van der Waals surface area contributed by atoms with Crippen LogP contribution < -0.4 is 4.74 Å². The lowest BCUT2D eigenvalue weighted by Crippen LogP contribution is -2.33. The highest BCUT2D eigenvalue weighted by Gasteiger charge is 2.28. The molecule has 0 saturated heterocycles. The third kappa shape index (κ3) is 6.10. The summed E-state index contributed by atoms with van der Waals surface area (Å²) in [5.74, 6) is -0.495. The van der Waals surface area contributed by atoms with Crippen molar-refractivity contribution in [2.45, 2.75) is 38.3 Å². The van der Waals surface area contributed by atoms with Crippen LogP contribution in [0.25, 0.3) is 11.3 Å². The van der Waals surface area contributed by atoms with Gasteiger partial charge in [0.25, 0.3) is 0 Å². The van der Waals surface area contributed by atoms with E-state index in [2.05, 4.69) is 11.5 Å². The molecule has 1 heterocycles. The van der Waals surface area contributed by atoms with Crippen molar-refractivity contribution in [1.29, 1.82) is 0 Å². The van der Waals surface area contributed by atoms with Crippen LogP contribution in [0.15, 0.2) is 61.2 Å². The first-order valence-corrected chi connectivity index (χ1v) is 11.7. The average Bonchev–Trinajstić information content (AvgIpc) is 3.58. The number of aromatic nitrogens is 2. The zero-order valence-corrected chi connectivity index (χ0v) is 19.5. The molecule has 0 aliphatic heterocycles. The van der Waals surface area contributed by atoms with E-state index < -0.39 is 17.7 Å². The molecule has 0 bridgehead atoms. The Kier molecular flexibility index (Phi) is 7.75. The van der Waals surface area contributed by atoms with Crippen molar-refractivity contribution in [3.05, 3.63) is 78.4 Å². The van der Waals surface area contributed by atoms with Gasteiger partial charge in [0.15, 0.2) is 11.6 Å². The number of hydrogen-bond donors (Lipinski definition) is 1. The Bertz CT molecular complexity index is 1110. The molecular formula is C27H31F2N3O2. The molecule has 3 aromatic rings. The van der Waals surface area contributed by atoms with Crippen molar-refractivity contribution in [3.8, 4) is 22.9 Å². The van der Waals surface area contributed by atoms with E-state index in [9.17, 15) is 13.9 Å². The largest absolute Gasteiger partial charge is 0.436 e. The van der Waals surface area contributed by atoms with Crippen LogP contribution >= 0.6 is 0 Å². The van der Waals surface area contributed by atoms with Crippen molar-refractivity contribution < 1.29 is 18.6 Å². The maximum atomic E-state index is 14.4. The minimum Gasteiger partial charge on any atom is -0.436 e. The SMILES string of the molecule is C=CCC[C@H](O)CN(Cc1c(-c2ccccc2)nn(C)c1Oc1ccc(F)cc1F)CC1CC1. The molecule has 7 heteroatoms. The van der Waals surface area contributed by atoms with Crippen LogP contribution in [0.3, 0.4) is 0 Å². The quantitative estimate of drug-likeness (QED) is 0.347. The van der Waals surface area contributed by atoms with Gasteiger partial charge >= 0.3 is 0 Å². The van der Waals surface area contributed by atoms with Crippen molar-refractivity contribution >= 4 is 0 Å². The van der Waals surface area contributed by atoms with Gasteiger partial charge in [0, 0.05) is 38.3 Å². The highest BCUT2D eigenvalue weighted by atomic mass is 19.1. The third-order valence-corrected chi connectivity index (χ3v) is 6.00. The third-order valence-electron chi connectivity index (χ3n) is 6.00. The van der Waals surface area contributed by atoms with Gasteiger partial charge in [0.05, 0.1) is 11.7 Å². The maximum Gasteiger partial charge on any atom is 0.222 e. The lowest BCUT2D eigenvalue weighted by Gasteiger charge is -2.25. The number of ether oxygens (including phenoxy) is 1. The fraction of sp³-hybridized carbons (Fsp3) is 0.370. The van der Waals surface area contributed by atoms with E-state index in [-0.39, 0.29) is 5.75 Å². The van der Waals surface area contributed by atoms with Gasteiger partial charge in [-0.25, -0.2) is 13.5 Å². The van der Waals surface area contributed by atoms with Gasteiger partial charge in [-0.3, -0.25) is 4.90 Å². The standard InChI is InChI=1S/C27H31F2N3O2/c1-3-4-10-22(33)17-32(16-19-11-12-19)18-23-26(20-8-6-5-7-9-20)30-31(2)27(23)34-25-14-13-21(28)15-24(25)29/h3,5-9,13-15,19,22,33H,1,4,10-12,16-18H2,2H3/t22-/m0/s1. The molecular weight excluding hydrogens is 436 g/mol. The molecule has 0 amide bonds. The molecule has 1 fully saturated rings. The lowest BCUT2D eigenvalue weighted by atomic mass is 10.1. The molecule has 4 rings (SSSR count). The minimum atomic E-state index is -0.775. The Labute approximate surface area is 199 Å². The van der Waals surface area contributed by atoms with Crippen LogP contribution in [0.5, 0.6) is 11.6 Å². The van der Waals surface area contributed by atoms with E-state index in [1.54, 1.807) is 11.7 Å². The van der Waals surface area contributed by atoms with Crippen LogP contribution in [0, 0.1) is 17.6 Å². The Morgan fingerprint density at radius 1 is 1.24 bits per heavy atom. The van der Waals surface area contributed by atoms with Gasteiger partial charge in [0.1, 0.15) is 11.5 Å². The molecule has 1 atom stereocenters. The van der Waals surface area contributed by atoms with Crippen LogP contribution in [-0.4, -0.2) is 39.0 Å². The summed E-state index contributed by atoms with van der Waals surface area (Å²) < 4.78 is 35.4. The summed E-state index contributed by atoms with van der Waals surface area (Å²) in [5, 5.41) is 15.3. The number of hydrogen-bond acceptors (Lipinski definition) is 4. The normalized spacial score (nSPS) is 14.4. The molecule has 1 aliphatic carbocycles. The van der Waals surface area contributed by atoms with Crippen molar-refractivity contribution in [1.82, 2.24) is 14.7 Å². The van der Waals surface area contributed by atoms with Crippen molar-refractivity contribution in [2.24, 2.45) is 13.0 Å². The summed E-state index contributed by atoms with van der Waals surface area (Å²) in [4.78, 5) is 2.22. The first kappa shape index (κ1) is 24.1. The molecule has 1 N–H and O–H groups in total. The van der Waals surface area contributed by atoms with Gasteiger partial charge in [-0.05, 0) is 43.7 Å². The molecule has 0 radical (unpaired) electrons. The van der Waals surface area contributed by atoms with E-state index in [0.717, 1.165) is 35.9 Å². The van der Waals surface area contributed by atoms with Gasteiger partial charge in [-0.1, -0.05) is 36.4 Å². The van der Waals surface area contributed by atoms with Gasteiger partial charge < -0.3 is 9.84 Å². The molecule has 1 saturated carbocycles. The Morgan fingerprint density at radius 2 is 2.00 bits per heavy atom. The molecule has 0 unspecified atom stereocenters. The van der Waals surface area contributed by atoms with E-state index in [4.69, 9.17) is 9.84 Å². The lowest BCUT2D eigenvalue weighted by molar-refractivity contribution is 0.0992. The predicted octanol–water partition coefficient (Wildman–Crippen LogP) is 5.70. The number of aryl methyl sites for hydroxylation is 1. The average molecular weight is 468 g/mol. The van der Waals surface area contributed by atoms with Gasteiger partial charge in [0.2, 0.25) is 5.88 Å². The topological polar surface area (TPSA) is 50.5 Å². The second kappa shape index (κ2) is 10.9. The predicted molar refractivity (Wildman–Crippen MR) is 129 cm³/mol. The van der Waals surface area contributed by atoms with E-state index in [1.807, 2.05) is 36.4 Å². The summed E-state index contributed by atoms with van der Waals surface area (Å²) in [6, 6.07) is 13.0. The molecule has 2 aromatic carbocycles. The molecule has 34 heavy (non-hydrogen) atoms. The van der Waals surface area contributed by atoms with Crippen molar-refractivity contribution in [3.63, 3.8) is 0 Å². The number of aliphatic hydroxyl groups excluding tert-OH is 1. The number of rotatable bonds is 12. The molecule has 5 nitrogen and oxygen atoms in total. The minimum absolute atomic E-state index is 0.0648. The van der Waals surface area contributed by atoms with Crippen LogP contribution in [-0.2, 0) is 13.6 Å². The number of nitrogens with zero attached hydrogens (tertiary/aromatic N) is 3. The molecule has 1 aromatic heterocycles. The van der Waals surface area contributed by atoms with E-state index in [1.165, 1.54) is 25.0 Å². The first-order chi connectivity index (χ1) is 16.4. The Morgan fingerprint density at radius 3 is 2.68 bits per heavy atom. The highest BCUT2D eigenvalue weighted by Crippen LogP contribution is 2.36. The Balaban J connectivity index is 1.69. The number of halogens is 2. The Hall–Kier alpha value is -3.03. The van der Waals surface area contributed by atoms with Crippen LogP contribution in [0.2, 0.25) is 0 Å². The first-order valence-electron chi connectivity index (χ1n) is 11.7. The van der Waals surface area contributed by atoms with Crippen molar-refractivity contribution in [2.75, 3.05) is 13.1 Å². The van der Waals surface area contributed by atoms with Gasteiger partial charge in [-0.15, -0.1) is 6.58 Å². The van der Waals surface area contributed by atoms with Crippen LogP contribution in [0.4, 0.5) is 8.78 Å². The molecule has 1 aliphatic rings. The highest BCUT2D eigenvalue weighted by molar-refractivity contribution is 5.65. The summed E-state index contributed by atoms with van der Waals surface area (Å²) in [7, 11) is 1.75. The zero-order valence-electron chi connectivity index (χ0n) is 19.5. The number of allylic oxidation sites excluding steroid dienone is 1. The van der Waals surface area contributed by atoms with Crippen LogP contribution in [0.1, 0.15) is 31.2 Å². The zero-order chi connectivity index (χ0) is 24.1. The smallest absolute Gasteiger partial charge is 0.222 e. The van der Waals surface area contributed by atoms with E-state index in [0.29, 0.717) is 31.3 Å². The maximum absolute atomic E-state index is 14.4. The number of benzene rings is 2. The summed E-state index contributed by atoms with van der Waals surface area (Å²) in [6.45, 7) is 5.60. The second-order valence-corrected chi connectivity index (χ2v) is 8.96.